The molecule has 0 amide bonds. The van der Waals surface area contributed by atoms with Crippen LogP contribution in [0.1, 0.15) is 0 Å². The molecule has 0 saturated carbocycles. The molecule has 0 fully saturated rings. The van der Waals surface area contributed by atoms with Crippen molar-refractivity contribution in [2.75, 3.05) is 0 Å². The molecule has 3 heteroatoms. The maximum absolute atomic E-state index is 6.44. The average molecular weight is 640 g/mol. The lowest BCUT2D eigenvalue weighted by Crippen LogP contribution is -1.91. The Morgan fingerprint density at radius 2 is 0.820 bits per heavy atom. The highest BCUT2D eigenvalue weighted by molar-refractivity contribution is 6.14. The maximum atomic E-state index is 6.44. The quantitative estimate of drug-likeness (QED) is 0.188. The first-order chi connectivity index (χ1) is 24.7. The summed E-state index contributed by atoms with van der Waals surface area (Å²) in [5.74, 6) is 0. The van der Waals surface area contributed by atoms with Crippen molar-refractivity contribution in [2.45, 2.75) is 0 Å². The summed E-state index contributed by atoms with van der Waals surface area (Å²) < 4.78 is 12.5. The van der Waals surface area contributed by atoms with Crippen molar-refractivity contribution in [3.05, 3.63) is 176 Å². The van der Waals surface area contributed by atoms with Crippen molar-refractivity contribution in [2.24, 2.45) is 0 Å². The van der Waals surface area contributed by atoms with Crippen molar-refractivity contribution in [1.82, 2.24) is 4.98 Å². The van der Waals surface area contributed by atoms with Crippen LogP contribution in [0.25, 0.3) is 99.8 Å². The Labute approximate surface area is 288 Å². The number of hydrogen-bond acceptors (Lipinski definition) is 3. The Balaban J connectivity index is 1.11. The highest BCUT2D eigenvalue weighted by atomic mass is 16.3. The van der Waals surface area contributed by atoms with Gasteiger partial charge in [0.2, 0.25) is 0 Å². The molecule has 10 rings (SSSR count). The summed E-state index contributed by atoms with van der Waals surface area (Å²) in [6.07, 6.45) is 0. The summed E-state index contributed by atoms with van der Waals surface area (Å²) >= 11 is 0. The van der Waals surface area contributed by atoms with Gasteiger partial charge in [-0.15, -0.1) is 0 Å². The number of benzene rings is 7. The van der Waals surface area contributed by atoms with Gasteiger partial charge in [0.1, 0.15) is 22.3 Å². The third-order valence-corrected chi connectivity index (χ3v) is 9.68. The zero-order chi connectivity index (χ0) is 33.0. The summed E-state index contributed by atoms with van der Waals surface area (Å²) in [7, 11) is 0. The number of hydrogen-bond donors (Lipinski definition) is 0. The van der Waals surface area contributed by atoms with Gasteiger partial charge in [0.25, 0.3) is 0 Å². The molecule has 0 saturated heterocycles. The molecule has 0 unspecified atom stereocenters. The van der Waals surface area contributed by atoms with E-state index in [9.17, 15) is 0 Å². The Morgan fingerprint density at radius 3 is 1.56 bits per heavy atom. The minimum absolute atomic E-state index is 0.872. The molecule has 3 aromatic heterocycles. The van der Waals surface area contributed by atoms with Crippen LogP contribution in [0.5, 0.6) is 0 Å². The second kappa shape index (κ2) is 11.5. The first-order valence-electron chi connectivity index (χ1n) is 16.9. The Kier molecular flexibility index (Phi) is 6.49. The molecular formula is C47H29NO2. The molecule has 3 heterocycles. The minimum atomic E-state index is 0.872. The SMILES string of the molecule is c1ccc(-c2cc(-c3cccc(-c4cccc5oc6ccc(-c7ccc8oc9ccccc9c8c7)cc6c45)c3)cc(-c3ccccc3)n2)cc1. The van der Waals surface area contributed by atoms with Crippen molar-refractivity contribution in [1.29, 1.82) is 0 Å². The Morgan fingerprint density at radius 1 is 0.300 bits per heavy atom. The van der Waals surface area contributed by atoms with Gasteiger partial charge < -0.3 is 8.83 Å². The molecule has 0 N–H and O–H groups in total. The van der Waals surface area contributed by atoms with Gasteiger partial charge in [-0.2, -0.15) is 0 Å². The van der Waals surface area contributed by atoms with Crippen molar-refractivity contribution < 1.29 is 8.83 Å². The van der Waals surface area contributed by atoms with Gasteiger partial charge >= 0.3 is 0 Å². The second-order valence-corrected chi connectivity index (χ2v) is 12.7. The normalized spacial score (nSPS) is 11.6. The number of furan rings is 2. The first-order valence-corrected chi connectivity index (χ1v) is 16.9. The van der Waals surface area contributed by atoms with Gasteiger partial charge in [-0.05, 0) is 88.0 Å². The van der Waals surface area contributed by atoms with E-state index < -0.39 is 0 Å². The minimum Gasteiger partial charge on any atom is -0.456 e. The van der Waals surface area contributed by atoms with E-state index in [4.69, 9.17) is 13.8 Å². The van der Waals surface area contributed by atoms with E-state index in [-0.39, 0.29) is 0 Å². The predicted molar refractivity (Wildman–Crippen MR) is 206 cm³/mol. The predicted octanol–water partition coefficient (Wildman–Crippen LogP) is 13.2. The van der Waals surface area contributed by atoms with Crippen LogP contribution in [0.2, 0.25) is 0 Å². The molecule has 10 aromatic rings. The lowest BCUT2D eigenvalue weighted by molar-refractivity contribution is 0.668. The van der Waals surface area contributed by atoms with Crippen molar-refractivity contribution in [3.63, 3.8) is 0 Å². The fraction of sp³-hybridized carbons (Fsp3) is 0. The molecular weight excluding hydrogens is 611 g/mol. The monoisotopic (exact) mass is 639 g/mol. The van der Waals surface area contributed by atoms with E-state index >= 15 is 0 Å². The molecule has 234 valence electrons. The maximum Gasteiger partial charge on any atom is 0.136 e. The van der Waals surface area contributed by atoms with Gasteiger partial charge in [0, 0.05) is 32.7 Å². The zero-order valence-corrected chi connectivity index (χ0v) is 27.0. The Hall–Kier alpha value is -6.71. The lowest BCUT2D eigenvalue weighted by atomic mass is 9.94. The first kappa shape index (κ1) is 28.3. The molecule has 0 bridgehead atoms. The number of nitrogens with zero attached hydrogens (tertiary/aromatic N) is 1. The summed E-state index contributed by atoms with van der Waals surface area (Å²) in [6, 6.07) is 61.5. The van der Waals surface area contributed by atoms with Gasteiger partial charge in [-0.1, -0.05) is 121 Å². The number of rotatable bonds is 5. The molecule has 0 radical (unpaired) electrons. The highest BCUT2D eigenvalue weighted by Gasteiger charge is 2.16. The topological polar surface area (TPSA) is 39.2 Å². The van der Waals surface area contributed by atoms with E-state index in [2.05, 4.69) is 152 Å². The van der Waals surface area contributed by atoms with Crippen LogP contribution in [0, 0.1) is 0 Å². The second-order valence-electron chi connectivity index (χ2n) is 12.7. The average Bonchev–Trinajstić information content (AvgIpc) is 3.76. The van der Waals surface area contributed by atoms with Gasteiger partial charge in [-0.3, -0.25) is 0 Å². The number of fused-ring (bicyclic) bond motifs is 6. The fourth-order valence-corrected chi connectivity index (χ4v) is 7.23. The fourth-order valence-electron chi connectivity index (χ4n) is 7.23. The van der Waals surface area contributed by atoms with Crippen LogP contribution in [0.4, 0.5) is 0 Å². The van der Waals surface area contributed by atoms with Crippen LogP contribution >= 0.6 is 0 Å². The van der Waals surface area contributed by atoms with Crippen LogP contribution in [-0.2, 0) is 0 Å². The van der Waals surface area contributed by atoms with E-state index in [1.54, 1.807) is 0 Å². The van der Waals surface area contributed by atoms with Crippen molar-refractivity contribution >= 4 is 43.9 Å². The number of para-hydroxylation sites is 1. The van der Waals surface area contributed by atoms with Crippen LogP contribution in [0.3, 0.4) is 0 Å². The molecule has 0 aliphatic rings. The van der Waals surface area contributed by atoms with Crippen LogP contribution in [-0.4, -0.2) is 4.98 Å². The molecule has 3 nitrogen and oxygen atoms in total. The summed E-state index contributed by atoms with van der Waals surface area (Å²) in [6.45, 7) is 0. The molecule has 50 heavy (non-hydrogen) atoms. The Bertz CT molecular complexity index is 2810. The lowest BCUT2D eigenvalue weighted by Gasteiger charge is -2.12. The van der Waals surface area contributed by atoms with Crippen molar-refractivity contribution in [3.8, 4) is 55.9 Å². The largest absolute Gasteiger partial charge is 0.456 e. The molecule has 0 spiro atoms. The summed E-state index contributed by atoms with van der Waals surface area (Å²) in [5, 5.41) is 4.45. The summed E-state index contributed by atoms with van der Waals surface area (Å²) in [5.41, 5.74) is 14.4. The standard InChI is InChI=1S/C47H29NO2/c1-3-11-30(12-4-1)41-28-36(29-42(48-41)31-13-5-2-6-14-31)32-15-9-16-35(25-32)37-18-10-20-46-47(37)40-27-34(22-24-45(40)50-46)33-21-23-44-39(26-33)38-17-7-8-19-43(38)49-44/h1-29H. The third-order valence-electron chi connectivity index (χ3n) is 9.68. The molecule has 0 aliphatic heterocycles. The molecule has 0 aliphatic carbocycles. The number of aromatic nitrogens is 1. The molecule has 7 aromatic carbocycles. The van der Waals surface area contributed by atoms with Gasteiger partial charge in [0.15, 0.2) is 0 Å². The summed E-state index contributed by atoms with van der Waals surface area (Å²) in [4.78, 5) is 5.09. The van der Waals surface area contributed by atoms with E-state index in [0.717, 1.165) is 99.8 Å². The molecule has 0 atom stereocenters. The highest BCUT2D eigenvalue weighted by Crippen LogP contribution is 2.41. The van der Waals surface area contributed by atoms with E-state index in [0.29, 0.717) is 0 Å². The van der Waals surface area contributed by atoms with E-state index in [1.165, 1.54) is 0 Å². The smallest absolute Gasteiger partial charge is 0.136 e. The van der Waals surface area contributed by atoms with Gasteiger partial charge in [0.05, 0.1) is 11.4 Å². The van der Waals surface area contributed by atoms with E-state index in [1.807, 2.05) is 24.3 Å². The van der Waals surface area contributed by atoms with Crippen LogP contribution in [0.15, 0.2) is 185 Å². The third kappa shape index (κ3) is 4.79. The number of pyridine rings is 1. The van der Waals surface area contributed by atoms with Gasteiger partial charge in [-0.25, -0.2) is 4.98 Å². The zero-order valence-electron chi connectivity index (χ0n) is 27.0. The van der Waals surface area contributed by atoms with Crippen LogP contribution < -0.4 is 0 Å².